The summed E-state index contributed by atoms with van der Waals surface area (Å²) in [5.74, 6) is 0.0280. The molecule has 2 aromatic rings. The van der Waals surface area contributed by atoms with E-state index in [1.54, 1.807) is 18.7 Å². The second-order valence-corrected chi connectivity index (χ2v) is 8.78. The first-order valence-electron chi connectivity index (χ1n) is 8.13. The number of sulfone groups is 1. The molecule has 1 fully saturated rings. The molecule has 1 aliphatic rings. The molecule has 3 rings (SSSR count). The van der Waals surface area contributed by atoms with Crippen molar-refractivity contribution >= 4 is 26.6 Å². The van der Waals surface area contributed by atoms with Crippen molar-refractivity contribution in [3.63, 3.8) is 0 Å². The summed E-state index contributed by atoms with van der Waals surface area (Å²) in [5, 5.41) is 4.65. The molecule has 1 N–H and O–H groups in total. The number of rotatable bonds is 2. The Balaban J connectivity index is 1.71. The van der Waals surface area contributed by atoms with Crippen molar-refractivity contribution in [3.8, 4) is 0 Å². The van der Waals surface area contributed by atoms with Crippen LogP contribution in [0.2, 0.25) is 0 Å². The van der Waals surface area contributed by atoms with E-state index in [4.69, 9.17) is 0 Å². The van der Waals surface area contributed by atoms with Gasteiger partial charge in [0.15, 0.2) is 9.84 Å². The number of benzene rings is 2. The minimum atomic E-state index is -3.09. The average molecular weight is 346 g/mol. The summed E-state index contributed by atoms with van der Waals surface area (Å²) in [4.78, 5) is 14.1. The number of fused-ring (bicyclic) bond motifs is 1. The van der Waals surface area contributed by atoms with E-state index in [-0.39, 0.29) is 24.4 Å². The van der Waals surface area contributed by atoms with Crippen molar-refractivity contribution in [2.24, 2.45) is 0 Å². The molecular formula is C18H22N2O3S. The smallest absolute Gasteiger partial charge is 0.317 e. The lowest BCUT2D eigenvalue weighted by Gasteiger charge is -2.37. The summed E-state index contributed by atoms with van der Waals surface area (Å²) < 4.78 is 23.9. The molecule has 0 saturated carbocycles. The van der Waals surface area contributed by atoms with Gasteiger partial charge in [0.25, 0.3) is 0 Å². The van der Waals surface area contributed by atoms with E-state index in [9.17, 15) is 13.2 Å². The molecule has 0 unspecified atom stereocenters. The minimum Gasteiger partial charge on any atom is -0.334 e. The summed E-state index contributed by atoms with van der Waals surface area (Å²) in [7, 11) is -3.09. The molecule has 1 saturated heterocycles. The topological polar surface area (TPSA) is 66.5 Å². The Morgan fingerprint density at radius 1 is 1.17 bits per heavy atom. The van der Waals surface area contributed by atoms with E-state index >= 15 is 0 Å². The molecular weight excluding hydrogens is 324 g/mol. The van der Waals surface area contributed by atoms with E-state index in [1.165, 1.54) is 0 Å². The van der Waals surface area contributed by atoms with Gasteiger partial charge in [0.05, 0.1) is 11.0 Å². The number of carbonyl (C=O) groups excluding carboxylic acids is 1. The standard InChI is InChI=1S/C18H22N2O3S/c1-13-14(2)24(22,23)11-10-20(13)18(21)19-12-16-8-5-7-15-6-3-4-9-17(15)16/h3-9,13-14H,10-12H2,1-2H3,(H,19,21)/t13-,14-/m0/s1. The van der Waals surface area contributed by atoms with Gasteiger partial charge in [-0.3, -0.25) is 0 Å². The first-order chi connectivity index (χ1) is 11.4. The molecule has 1 heterocycles. The zero-order chi connectivity index (χ0) is 17.3. The van der Waals surface area contributed by atoms with Gasteiger partial charge in [-0.1, -0.05) is 42.5 Å². The molecule has 1 aliphatic heterocycles. The first-order valence-corrected chi connectivity index (χ1v) is 9.84. The molecule has 0 aromatic heterocycles. The number of hydrogen-bond acceptors (Lipinski definition) is 3. The highest BCUT2D eigenvalue weighted by Gasteiger charge is 2.37. The van der Waals surface area contributed by atoms with Crippen LogP contribution in [-0.4, -0.2) is 42.9 Å². The number of amides is 2. The van der Waals surface area contributed by atoms with Gasteiger partial charge < -0.3 is 10.2 Å². The molecule has 128 valence electrons. The Hall–Kier alpha value is -2.08. The van der Waals surface area contributed by atoms with E-state index in [2.05, 4.69) is 5.32 Å². The van der Waals surface area contributed by atoms with Crippen molar-refractivity contribution in [3.05, 3.63) is 48.0 Å². The van der Waals surface area contributed by atoms with Crippen LogP contribution in [0.3, 0.4) is 0 Å². The van der Waals surface area contributed by atoms with Crippen LogP contribution < -0.4 is 5.32 Å². The van der Waals surface area contributed by atoms with Gasteiger partial charge in [0, 0.05) is 19.1 Å². The van der Waals surface area contributed by atoms with E-state index in [0.29, 0.717) is 6.54 Å². The van der Waals surface area contributed by atoms with Crippen LogP contribution in [0.25, 0.3) is 10.8 Å². The van der Waals surface area contributed by atoms with Crippen molar-refractivity contribution in [2.45, 2.75) is 31.7 Å². The van der Waals surface area contributed by atoms with Crippen LogP contribution >= 0.6 is 0 Å². The third-order valence-corrected chi connectivity index (χ3v) is 7.20. The van der Waals surface area contributed by atoms with Crippen LogP contribution in [0, 0.1) is 0 Å². The van der Waals surface area contributed by atoms with Crippen LogP contribution in [0.4, 0.5) is 4.79 Å². The number of urea groups is 1. The fraction of sp³-hybridized carbons (Fsp3) is 0.389. The van der Waals surface area contributed by atoms with Gasteiger partial charge in [0.1, 0.15) is 0 Å². The van der Waals surface area contributed by atoms with E-state index in [0.717, 1.165) is 16.3 Å². The summed E-state index contributed by atoms with van der Waals surface area (Å²) in [6.45, 7) is 4.13. The van der Waals surface area contributed by atoms with Crippen molar-refractivity contribution in [2.75, 3.05) is 12.3 Å². The maximum atomic E-state index is 12.5. The fourth-order valence-corrected chi connectivity index (χ4v) is 4.74. The molecule has 2 aromatic carbocycles. The predicted molar refractivity (Wildman–Crippen MR) is 95.6 cm³/mol. The summed E-state index contributed by atoms with van der Waals surface area (Å²) in [5.41, 5.74) is 1.05. The Bertz CT molecular complexity index is 858. The van der Waals surface area contributed by atoms with Gasteiger partial charge >= 0.3 is 6.03 Å². The second-order valence-electron chi connectivity index (χ2n) is 6.30. The van der Waals surface area contributed by atoms with Crippen molar-refractivity contribution < 1.29 is 13.2 Å². The maximum Gasteiger partial charge on any atom is 0.317 e. The van der Waals surface area contributed by atoms with Gasteiger partial charge in [-0.2, -0.15) is 0 Å². The molecule has 2 atom stereocenters. The third kappa shape index (κ3) is 3.11. The molecule has 2 amide bonds. The SMILES string of the molecule is C[C@H]1[C@H](C)S(=O)(=O)CCN1C(=O)NCc1cccc2ccccc12. The van der Waals surface area contributed by atoms with Gasteiger partial charge in [-0.15, -0.1) is 0 Å². The zero-order valence-electron chi connectivity index (χ0n) is 13.9. The molecule has 0 bridgehead atoms. The van der Waals surface area contributed by atoms with Gasteiger partial charge in [0.2, 0.25) is 0 Å². The van der Waals surface area contributed by atoms with E-state index < -0.39 is 15.1 Å². The van der Waals surface area contributed by atoms with Gasteiger partial charge in [-0.05, 0) is 30.2 Å². The average Bonchev–Trinajstić information content (AvgIpc) is 2.58. The Morgan fingerprint density at radius 2 is 1.88 bits per heavy atom. The molecule has 0 aliphatic carbocycles. The lowest BCUT2D eigenvalue weighted by atomic mass is 10.0. The number of hydrogen-bond donors (Lipinski definition) is 1. The Morgan fingerprint density at radius 3 is 2.67 bits per heavy atom. The van der Waals surface area contributed by atoms with Crippen LogP contribution in [0.5, 0.6) is 0 Å². The lowest BCUT2D eigenvalue weighted by Crippen LogP contribution is -2.56. The normalized spacial score (nSPS) is 23.2. The van der Waals surface area contributed by atoms with Crippen molar-refractivity contribution in [1.82, 2.24) is 10.2 Å². The Labute approximate surface area is 142 Å². The summed E-state index contributed by atoms with van der Waals surface area (Å²) in [6, 6.07) is 13.5. The van der Waals surface area contributed by atoms with Crippen LogP contribution in [0.1, 0.15) is 19.4 Å². The summed E-state index contributed by atoms with van der Waals surface area (Å²) in [6.07, 6.45) is 0. The lowest BCUT2D eigenvalue weighted by molar-refractivity contribution is 0.177. The minimum absolute atomic E-state index is 0.0280. The Kier molecular flexibility index (Phi) is 4.49. The number of nitrogens with zero attached hydrogens (tertiary/aromatic N) is 1. The monoisotopic (exact) mass is 346 g/mol. The highest BCUT2D eigenvalue weighted by Crippen LogP contribution is 2.21. The molecule has 6 heteroatoms. The third-order valence-electron chi connectivity index (χ3n) is 4.92. The molecule has 24 heavy (non-hydrogen) atoms. The fourth-order valence-electron chi connectivity index (χ4n) is 3.17. The highest BCUT2D eigenvalue weighted by atomic mass is 32.2. The molecule has 0 radical (unpaired) electrons. The predicted octanol–water partition coefficient (Wildman–Crippen LogP) is 2.56. The van der Waals surface area contributed by atoms with E-state index in [1.807, 2.05) is 42.5 Å². The zero-order valence-corrected chi connectivity index (χ0v) is 14.7. The van der Waals surface area contributed by atoms with Crippen molar-refractivity contribution in [1.29, 1.82) is 0 Å². The number of nitrogens with one attached hydrogen (secondary N) is 1. The van der Waals surface area contributed by atoms with Gasteiger partial charge in [-0.25, -0.2) is 13.2 Å². The number of carbonyl (C=O) groups is 1. The molecule has 5 nitrogen and oxygen atoms in total. The quantitative estimate of drug-likeness (QED) is 0.909. The molecule has 0 spiro atoms. The van der Waals surface area contributed by atoms with Crippen LogP contribution in [-0.2, 0) is 16.4 Å². The second kappa shape index (κ2) is 6.43. The highest BCUT2D eigenvalue weighted by molar-refractivity contribution is 7.92. The maximum absolute atomic E-state index is 12.5. The largest absolute Gasteiger partial charge is 0.334 e. The first kappa shape index (κ1) is 16.8. The summed E-state index contributed by atoms with van der Waals surface area (Å²) >= 11 is 0. The van der Waals surface area contributed by atoms with Crippen LogP contribution in [0.15, 0.2) is 42.5 Å².